The lowest BCUT2D eigenvalue weighted by molar-refractivity contribution is 0.188. The summed E-state index contributed by atoms with van der Waals surface area (Å²) in [4.78, 5) is 9.68. The van der Waals surface area contributed by atoms with Crippen molar-refractivity contribution in [3.05, 3.63) is 24.3 Å². The summed E-state index contributed by atoms with van der Waals surface area (Å²) in [5, 5.41) is 0. The molecule has 0 saturated carbocycles. The molecular formula is C16H24N4O. The molecule has 2 heterocycles. The maximum atomic E-state index is 5.27. The van der Waals surface area contributed by atoms with Crippen molar-refractivity contribution in [3.8, 4) is 0 Å². The third-order valence-corrected chi connectivity index (χ3v) is 4.16. The molecule has 1 aliphatic heterocycles. The number of aromatic nitrogens is 2. The fourth-order valence-corrected chi connectivity index (χ4v) is 2.95. The van der Waals surface area contributed by atoms with E-state index in [9.17, 15) is 0 Å². The number of rotatable bonds is 4. The van der Waals surface area contributed by atoms with Gasteiger partial charge in [-0.1, -0.05) is 12.1 Å². The second-order valence-corrected chi connectivity index (χ2v) is 5.69. The van der Waals surface area contributed by atoms with Gasteiger partial charge in [0, 0.05) is 33.3 Å². The molecule has 0 amide bonds. The highest BCUT2D eigenvalue weighted by Gasteiger charge is 2.19. The van der Waals surface area contributed by atoms with Gasteiger partial charge in [0.05, 0.1) is 17.6 Å². The Balaban J connectivity index is 1.95. The number of methoxy groups -OCH3 is 1. The van der Waals surface area contributed by atoms with Crippen LogP contribution in [-0.2, 0) is 11.3 Å². The molecule has 1 saturated heterocycles. The van der Waals surface area contributed by atoms with Gasteiger partial charge in [-0.2, -0.15) is 0 Å². The predicted molar refractivity (Wildman–Crippen MR) is 85.9 cm³/mol. The van der Waals surface area contributed by atoms with Gasteiger partial charge in [0.25, 0.3) is 0 Å². The predicted octanol–water partition coefficient (Wildman–Crippen LogP) is 1.82. The molecule has 21 heavy (non-hydrogen) atoms. The number of likely N-dealkylation sites (N-methyl/N-ethyl adjacent to an activating group) is 1. The molecule has 0 N–H and O–H groups in total. The summed E-state index contributed by atoms with van der Waals surface area (Å²) < 4.78 is 7.57. The highest BCUT2D eigenvalue weighted by atomic mass is 16.5. The van der Waals surface area contributed by atoms with Gasteiger partial charge in [-0.05, 0) is 32.1 Å². The fraction of sp³-hybridized carbons (Fsp3) is 0.562. The Morgan fingerprint density at radius 1 is 1.14 bits per heavy atom. The first-order chi connectivity index (χ1) is 10.3. The zero-order chi connectivity index (χ0) is 14.7. The first kappa shape index (κ1) is 14.4. The maximum Gasteiger partial charge on any atom is 0.206 e. The number of imidazole rings is 1. The van der Waals surface area contributed by atoms with Gasteiger partial charge in [0.15, 0.2) is 0 Å². The lowest BCUT2D eigenvalue weighted by atomic mass is 10.3. The summed E-state index contributed by atoms with van der Waals surface area (Å²) in [7, 11) is 3.94. The molecule has 1 aliphatic rings. The van der Waals surface area contributed by atoms with Crippen LogP contribution in [0.2, 0.25) is 0 Å². The molecule has 0 spiro atoms. The maximum absolute atomic E-state index is 5.27. The van der Waals surface area contributed by atoms with Gasteiger partial charge in [-0.15, -0.1) is 0 Å². The minimum atomic E-state index is 0.709. The van der Waals surface area contributed by atoms with Crippen LogP contribution in [0, 0.1) is 0 Å². The Morgan fingerprint density at radius 3 is 2.86 bits per heavy atom. The molecule has 5 nitrogen and oxygen atoms in total. The van der Waals surface area contributed by atoms with Crippen LogP contribution >= 0.6 is 0 Å². The van der Waals surface area contributed by atoms with E-state index < -0.39 is 0 Å². The first-order valence-electron chi connectivity index (χ1n) is 7.67. The van der Waals surface area contributed by atoms with E-state index in [0.29, 0.717) is 6.61 Å². The summed E-state index contributed by atoms with van der Waals surface area (Å²) in [5.41, 5.74) is 2.27. The van der Waals surface area contributed by atoms with E-state index in [2.05, 4.69) is 45.7 Å². The van der Waals surface area contributed by atoms with Crippen LogP contribution < -0.4 is 4.90 Å². The number of ether oxygens (including phenoxy) is 1. The molecule has 5 heteroatoms. The lowest BCUT2D eigenvalue weighted by Gasteiger charge is -2.22. The van der Waals surface area contributed by atoms with E-state index in [1.807, 2.05) is 0 Å². The Hall–Kier alpha value is -1.59. The largest absolute Gasteiger partial charge is 0.383 e. The molecule has 0 aliphatic carbocycles. The number of para-hydroxylation sites is 2. The van der Waals surface area contributed by atoms with E-state index >= 15 is 0 Å². The molecule has 3 rings (SSSR count). The summed E-state index contributed by atoms with van der Waals surface area (Å²) in [6.07, 6.45) is 1.18. The van der Waals surface area contributed by atoms with Gasteiger partial charge in [0.2, 0.25) is 5.95 Å². The van der Waals surface area contributed by atoms with E-state index in [0.717, 1.165) is 44.2 Å². The Kier molecular flexibility index (Phi) is 4.41. The quantitative estimate of drug-likeness (QED) is 0.859. The van der Waals surface area contributed by atoms with Crippen LogP contribution in [0.15, 0.2) is 24.3 Å². The van der Waals surface area contributed by atoms with E-state index in [-0.39, 0.29) is 0 Å². The molecular weight excluding hydrogens is 264 g/mol. The molecule has 0 radical (unpaired) electrons. The molecule has 0 unspecified atom stereocenters. The van der Waals surface area contributed by atoms with Crippen LogP contribution in [-0.4, -0.2) is 61.4 Å². The minimum Gasteiger partial charge on any atom is -0.383 e. The minimum absolute atomic E-state index is 0.709. The van der Waals surface area contributed by atoms with E-state index in [1.165, 1.54) is 11.9 Å². The van der Waals surface area contributed by atoms with Crippen LogP contribution in [0.25, 0.3) is 11.0 Å². The third kappa shape index (κ3) is 3.04. The van der Waals surface area contributed by atoms with Gasteiger partial charge in [0.1, 0.15) is 0 Å². The summed E-state index contributed by atoms with van der Waals surface area (Å²) >= 11 is 0. The van der Waals surface area contributed by atoms with Crippen molar-refractivity contribution in [1.29, 1.82) is 0 Å². The third-order valence-electron chi connectivity index (χ3n) is 4.16. The Labute approximate surface area is 126 Å². The number of hydrogen-bond acceptors (Lipinski definition) is 4. The van der Waals surface area contributed by atoms with Crippen LogP contribution in [0.1, 0.15) is 6.42 Å². The molecule has 114 valence electrons. The zero-order valence-corrected chi connectivity index (χ0v) is 13.0. The highest BCUT2D eigenvalue weighted by Crippen LogP contribution is 2.23. The average Bonchev–Trinajstić information content (AvgIpc) is 2.72. The highest BCUT2D eigenvalue weighted by molar-refractivity contribution is 5.78. The number of anilines is 1. The average molecular weight is 288 g/mol. The van der Waals surface area contributed by atoms with Crippen molar-refractivity contribution in [2.24, 2.45) is 0 Å². The Bertz CT molecular complexity index is 595. The molecule has 2 aromatic rings. The van der Waals surface area contributed by atoms with Crippen molar-refractivity contribution in [3.63, 3.8) is 0 Å². The van der Waals surface area contributed by atoms with Crippen LogP contribution in [0.4, 0.5) is 5.95 Å². The molecule has 1 aromatic carbocycles. The number of benzene rings is 1. The summed E-state index contributed by atoms with van der Waals surface area (Å²) in [6, 6.07) is 8.36. The van der Waals surface area contributed by atoms with Gasteiger partial charge in [-0.25, -0.2) is 4.98 Å². The van der Waals surface area contributed by atoms with Crippen molar-refractivity contribution in [2.75, 3.05) is 51.8 Å². The van der Waals surface area contributed by atoms with Gasteiger partial charge in [-0.3, -0.25) is 0 Å². The summed E-state index contributed by atoms with van der Waals surface area (Å²) in [5.74, 6) is 1.09. The Morgan fingerprint density at radius 2 is 2.00 bits per heavy atom. The first-order valence-corrected chi connectivity index (χ1v) is 7.67. The second-order valence-electron chi connectivity index (χ2n) is 5.69. The monoisotopic (exact) mass is 288 g/mol. The fourth-order valence-electron chi connectivity index (χ4n) is 2.95. The topological polar surface area (TPSA) is 33.5 Å². The van der Waals surface area contributed by atoms with Crippen molar-refractivity contribution >= 4 is 17.0 Å². The smallest absolute Gasteiger partial charge is 0.206 e. The second kappa shape index (κ2) is 6.45. The standard InChI is InChI=1S/C16H24N4O/c1-18-8-5-9-19(11-10-18)16-17-14-6-3-4-7-15(14)20(16)12-13-21-2/h3-4,6-7H,5,8-13H2,1-2H3. The summed E-state index contributed by atoms with van der Waals surface area (Å²) in [6.45, 7) is 5.91. The van der Waals surface area contributed by atoms with Crippen LogP contribution in [0.5, 0.6) is 0 Å². The molecule has 1 aromatic heterocycles. The SMILES string of the molecule is COCCn1c(N2CCCN(C)CC2)nc2ccccc21. The van der Waals surface area contributed by atoms with E-state index in [1.54, 1.807) is 7.11 Å². The van der Waals surface area contributed by atoms with Gasteiger partial charge < -0.3 is 19.1 Å². The molecule has 1 fully saturated rings. The lowest BCUT2D eigenvalue weighted by Crippen LogP contribution is -2.31. The normalized spacial score (nSPS) is 17.3. The van der Waals surface area contributed by atoms with Gasteiger partial charge >= 0.3 is 0 Å². The molecule has 0 atom stereocenters. The molecule has 0 bridgehead atoms. The van der Waals surface area contributed by atoms with Crippen molar-refractivity contribution < 1.29 is 4.74 Å². The van der Waals surface area contributed by atoms with Crippen molar-refractivity contribution in [1.82, 2.24) is 14.5 Å². The number of nitrogens with zero attached hydrogens (tertiary/aromatic N) is 4. The zero-order valence-electron chi connectivity index (χ0n) is 13.0. The van der Waals surface area contributed by atoms with E-state index in [4.69, 9.17) is 9.72 Å². The number of hydrogen-bond donors (Lipinski definition) is 0. The van der Waals surface area contributed by atoms with Crippen LogP contribution in [0.3, 0.4) is 0 Å². The van der Waals surface area contributed by atoms with Crippen molar-refractivity contribution in [2.45, 2.75) is 13.0 Å². The number of fused-ring (bicyclic) bond motifs is 1.